The van der Waals surface area contributed by atoms with Crippen LogP contribution in [0.2, 0.25) is 0 Å². The van der Waals surface area contributed by atoms with Gasteiger partial charge in [-0.25, -0.2) is 0 Å². The van der Waals surface area contributed by atoms with Crippen molar-refractivity contribution in [2.45, 2.75) is 38.6 Å². The average Bonchev–Trinajstić information content (AvgIpc) is 2.86. The van der Waals surface area contributed by atoms with E-state index in [-0.39, 0.29) is 0 Å². The molecule has 2 aromatic rings. The summed E-state index contributed by atoms with van der Waals surface area (Å²) in [5.41, 5.74) is 2.53. The highest BCUT2D eigenvalue weighted by Gasteiger charge is 2.17. The third-order valence-electron chi connectivity index (χ3n) is 5.72. The first-order valence-electron chi connectivity index (χ1n) is 11.8. The Balaban J connectivity index is 0.00000149. The molecule has 0 saturated heterocycles. The largest absolute Gasteiger partial charge is 0.494 e. The summed E-state index contributed by atoms with van der Waals surface area (Å²) in [5.74, 6) is 2.66. The predicted octanol–water partition coefficient (Wildman–Crippen LogP) is 4.59. The van der Waals surface area contributed by atoms with Crippen molar-refractivity contribution in [1.82, 2.24) is 10.2 Å². The molecule has 0 amide bonds. The van der Waals surface area contributed by atoms with Crippen molar-refractivity contribution in [3.05, 3.63) is 65.9 Å². The van der Waals surface area contributed by atoms with E-state index in [2.05, 4.69) is 66.5 Å². The quantitative estimate of drug-likeness (QED) is 0.425. The molecule has 5 heteroatoms. The number of ether oxygens (including phenoxy) is 3. The van der Waals surface area contributed by atoms with E-state index in [0.29, 0.717) is 19.3 Å². The van der Waals surface area contributed by atoms with Crippen LogP contribution in [0.15, 0.2) is 54.7 Å². The van der Waals surface area contributed by atoms with Crippen LogP contribution in [-0.4, -0.2) is 50.4 Å². The Hall–Kier alpha value is -3.10. The first-order chi connectivity index (χ1) is 16.3. The molecule has 0 radical (unpaired) electrons. The van der Waals surface area contributed by atoms with Crippen LogP contribution in [0.1, 0.15) is 30.4 Å². The third kappa shape index (κ3) is 8.07. The summed E-state index contributed by atoms with van der Waals surface area (Å²) in [4.78, 5) is 2.43. The second kappa shape index (κ2) is 13.4. The summed E-state index contributed by atoms with van der Waals surface area (Å²) < 4.78 is 17.3. The standard InChI is InChI=1S/C26H34N2O3.C2H2/c1-21-6-9-24(10-7-21)29-15-5-12-27-23(20-28-13-3-2-4-14-28)18-22-8-11-25-26(19-22)31-17-16-30-25;1-2/h3,6-11,13,19,23,27H,2,4-5,12,14-18,20H2,1H3;1-2H. The topological polar surface area (TPSA) is 43.0 Å². The van der Waals surface area contributed by atoms with Gasteiger partial charge in [0.15, 0.2) is 11.5 Å². The maximum Gasteiger partial charge on any atom is 0.161 e. The van der Waals surface area contributed by atoms with Crippen LogP contribution in [0.4, 0.5) is 0 Å². The van der Waals surface area contributed by atoms with E-state index in [9.17, 15) is 0 Å². The van der Waals surface area contributed by atoms with Gasteiger partial charge in [0.05, 0.1) is 6.61 Å². The van der Waals surface area contributed by atoms with Gasteiger partial charge in [0.1, 0.15) is 19.0 Å². The van der Waals surface area contributed by atoms with Crippen molar-refractivity contribution in [2.24, 2.45) is 0 Å². The Bertz CT molecular complexity index is 892. The van der Waals surface area contributed by atoms with Crippen molar-refractivity contribution >= 4 is 0 Å². The van der Waals surface area contributed by atoms with Gasteiger partial charge in [-0.15, -0.1) is 12.8 Å². The monoisotopic (exact) mass is 448 g/mol. The molecule has 33 heavy (non-hydrogen) atoms. The molecule has 0 aliphatic carbocycles. The Labute approximate surface area is 198 Å². The fourth-order valence-electron chi connectivity index (χ4n) is 4.05. The fourth-order valence-corrected chi connectivity index (χ4v) is 4.05. The summed E-state index contributed by atoms with van der Waals surface area (Å²) in [6.07, 6.45) is 16.9. The Morgan fingerprint density at radius 3 is 2.61 bits per heavy atom. The molecule has 0 fully saturated rings. The van der Waals surface area contributed by atoms with Gasteiger partial charge in [0.25, 0.3) is 0 Å². The summed E-state index contributed by atoms with van der Waals surface area (Å²) in [5, 5.41) is 3.76. The van der Waals surface area contributed by atoms with E-state index >= 15 is 0 Å². The molecule has 1 atom stereocenters. The lowest BCUT2D eigenvalue weighted by Crippen LogP contribution is -2.42. The Morgan fingerprint density at radius 1 is 1.06 bits per heavy atom. The van der Waals surface area contributed by atoms with Crippen LogP contribution < -0.4 is 19.5 Å². The molecule has 0 spiro atoms. The molecule has 1 unspecified atom stereocenters. The second-order valence-corrected chi connectivity index (χ2v) is 8.37. The second-order valence-electron chi connectivity index (χ2n) is 8.37. The van der Waals surface area contributed by atoms with Gasteiger partial charge >= 0.3 is 0 Å². The molecule has 1 N–H and O–H groups in total. The summed E-state index contributed by atoms with van der Waals surface area (Å²) >= 11 is 0. The van der Waals surface area contributed by atoms with Gasteiger partial charge in [-0.3, -0.25) is 0 Å². The van der Waals surface area contributed by atoms with Crippen molar-refractivity contribution in [3.63, 3.8) is 0 Å². The molecule has 0 bridgehead atoms. The van der Waals surface area contributed by atoms with Gasteiger partial charge < -0.3 is 24.4 Å². The number of hydrogen-bond acceptors (Lipinski definition) is 5. The predicted molar refractivity (Wildman–Crippen MR) is 134 cm³/mol. The van der Waals surface area contributed by atoms with Gasteiger partial charge in [-0.2, -0.15) is 0 Å². The van der Waals surface area contributed by atoms with Crippen molar-refractivity contribution in [2.75, 3.05) is 39.5 Å². The number of allylic oxidation sites excluding steroid dienone is 1. The zero-order valence-corrected chi connectivity index (χ0v) is 19.7. The molecule has 5 nitrogen and oxygen atoms in total. The van der Waals surface area contributed by atoms with Gasteiger partial charge in [-0.1, -0.05) is 29.8 Å². The van der Waals surface area contributed by atoms with Crippen molar-refractivity contribution in [3.8, 4) is 30.1 Å². The van der Waals surface area contributed by atoms with Crippen molar-refractivity contribution < 1.29 is 14.2 Å². The number of aryl methyl sites for hydroxylation is 1. The van der Waals surface area contributed by atoms with E-state index < -0.39 is 0 Å². The van der Waals surface area contributed by atoms with E-state index in [4.69, 9.17) is 14.2 Å². The average molecular weight is 449 g/mol. The number of hydrogen-bond donors (Lipinski definition) is 1. The van der Waals surface area contributed by atoms with E-state index in [1.807, 2.05) is 18.2 Å². The molecule has 0 saturated carbocycles. The third-order valence-corrected chi connectivity index (χ3v) is 5.72. The van der Waals surface area contributed by atoms with Gasteiger partial charge in [0, 0.05) is 19.1 Å². The Morgan fingerprint density at radius 2 is 1.85 bits per heavy atom. The van der Waals surface area contributed by atoms with Crippen molar-refractivity contribution in [1.29, 1.82) is 0 Å². The highest BCUT2D eigenvalue weighted by atomic mass is 16.6. The number of nitrogens with zero attached hydrogens (tertiary/aromatic N) is 1. The number of rotatable bonds is 10. The molecule has 176 valence electrons. The van der Waals surface area contributed by atoms with E-state index in [1.165, 1.54) is 24.0 Å². The lowest BCUT2D eigenvalue weighted by atomic mass is 10.0. The van der Waals surface area contributed by atoms with E-state index in [1.54, 1.807) is 0 Å². The SMILES string of the molecule is C#C.Cc1ccc(OCCCNC(Cc2ccc3c(c2)OCCO3)CN2C=CCCC2)cc1. The molecular weight excluding hydrogens is 412 g/mol. The molecule has 0 aromatic heterocycles. The minimum Gasteiger partial charge on any atom is -0.494 e. The van der Waals surface area contributed by atoms with Gasteiger partial charge in [-0.05, 0) is 75.2 Å². The fraction of sp³-hybridized carbons (Fsp3) is 0.429. The van der Waals surface area contributed by atoms with E-state index in [0.717, 1.165) is 56.3 Å². The molecule has 2 heterocycles. The molecule has 2 aliphatic rings. The first kappa shape index (κ1) is 24.5. The molecule has 4 rings (SSSR count). The zero-order valence-electron chi connectivity index (χ0n) is 19.7. The maximum atomic E-state index is 5.88. The van der Waals surface area contributed by atoms with Crippen LogP contribution in [0, 0.1) is 19.8 Å². The minimum absolute atomic E-state index is 0.365. The molecule has 2 aromatic carbocycles. The van der Waals surface area contributed by atoms with Gasteiger partial charge in [0.2, 0.25) is 0 Å². The zero-order chi connectivity index (χ0) is 23.3. The normalized spacial score (nSPS) is 15.3. The molecule has 2 aliphatic heterocycles. The first-order valence-corrected chi connectivity index (χ1v) is 11.8. The van der Waals surface area contributed by atoms with Crippen LogP contribution in [0.5, 0.6) is 17.2 Å². The van der Waals surface area contributed by atoms with Crippen LogP contribution >= 0.6 is 0 Å². The maximum absolute atomic E-state index is 5.88. The van der Waals surface area contributed by atoms with Crippen LogP contribution in [0.3, 0.4) is 0 Å². The highest BCUT2D eigenvalue weighted by molar-refractivity contribution is 5.44. The minimum atomic E-state index is 0.365. The lowest BCUT2D eigenvalue weighted by Gasteiger charge is -2.29. The summed E-state index contributed by atoms with van der Waals surface area (Å²) in [6.45, 7) is 7.12. The Kier molecular flexibility index (Phi) is 10.0. The lowest BCUT2D eigenvalue weighted by molar-refractivity contribution is 0.171. The number of benzene rings is 2. The number of terminal acetylenes is 1. The number of nitrogens with one attached hydrogen (secondary N) is 1. The molecular formula is C28H36N2O3. The van der Waals surface area contributed by atoms with Crippen LogP contribution in [0.25, 0.3) is 0 Å². The van der Waals surface area contributed by atoms with Crippen LogP contribution in [-0.2, 0) is 6.42 Å². The highest BCUT2D eigenvalue weighted by Crippen LogP contribution is 2.31. The summed E-state index contributed by atoms with van der Waals surface area (Å²) in [6, 6.07) is 14.9. The summed E-state index contributed by atoms with van der Waals surface area (Å²) in [7, 11) is 0. The smallest absolute Gasteiger partial charge is 0.161 e. The number of fused-ring (bicyclic) bond motifs is 1.